The summed E-state index contributed by atoms with van der Waals surface area (Å²) in [5.74, 6) is 5.37. The Kier molecular flexibility index (Phi) is 2.59. The van der Waals surface area contributed by atoms with E-state index in [0.717, 1.165) is 35.0 Å². The van der Waals surface area contributed by atoms with Gasteiger partial charge in [0.15, 0.2) is 0 Å². The average molecular weight is 258 g/mol. The number of hydrogen-bond donors (Lipinski definition) is 1. The topological polar surface area (TPSA) is 48.1 Å². The fourth-order valence-electron chi connectivity index (χ4n) is 4.96. The predicted molar refractivity (Wildman–Crippen MR) is 73.6 cm³/mol. The number of hydrogen-bond acceptors (Lipinski definition) is 3. The zero-order valence-electron chi connectivity index (χ0n) is 11.5. The van der Waals surface area contributed by atoms with Gasteiger partial charge < -0.3 is 10.5 Å². The van der Waals surface area contributed by atoms with Gasteiger partial charge in [-0.2, -0.15) is 0 Å². The van der Waals surface area contributed by atoms with Crippen molar-refractivity contribution in [2.24, 2.45) is 35.3 Å². The molecule has 1 aromatic rings. The van der Waals surface area contributed by atoms with Crippen LogP contribution in [0.25, 0.3) is 0 Å². The number of pyridine rings is 1. The van der Waals surface area contributed by atoms with E-state index in [-0.39, 0.29) is 6.04 Å². The maximum atomic E-state index is 6.51. The molecule has 1 aromatic heterocycles. The van der Waals surface area contributed by atoms with Gasteiger partial charge in [0.1, 0.15) is 5.75 Å². The highest BCUT2D eigenvalue weighted by Gasteiger charge is 2.66. The molecule has 0 radical (unpaired) electrons. The van der Waals surface area contributed by atoms with E-state index < -0.39 is 0 Å². The van der Waals surface area contributed by atoms with Crippen molar-refractivity contribution in [3.8, 4) is 5.75 Å². The van der Waals surface area contributed by atoms with Crippen LogP contribution < -0.4 is 10.5 Å². The second-order valence-electron chi connectivity index (χ2n) is 6.48. The summed E-state index contributed by atoms with van der Waals surface area (Å²) in [4.78, 5) is 4.28. The van der Waals surface area contributed by atoms with Crippen molar-refractivity contribution < 1.29 is 4.74 Å². The van der Waals surface area contributed by atoms with Gasteiger partial charge in [0.25, 0.3) is 0 Å². The summed E-state index contributed by atoms with van der Waals surface area (Å²) in [5.41, 5.74) is 7.67. The molecule has 3 fully saturated rings. The first-order valence-electron chi connectivity index (χ1n) is 7.63. The van der Waals surface area contributed by atoms with Crippen LogP contribution in [-0.4, -0.2) is 11.6 Å². The summed E-state index contributed by atoms with van der Waals surface area (Å²) < 4.78 is 5.53. The number of rotatable bonds is 4. The minimum Gasteiger partial charge on any atom is -0.492 e. The normalized spacial score (nSPS) is 40.0. The molecule has 1 heterocycles. The quantitative estimate of drug-likeness (QED) is 0.903. The van der Waals surface area contributed by atoms with Crippen LogP contribution in [0.2, 0.25) is 0 Å². The molecule has 5 unspecified atom stereocenters. The number of fused-ring (bicyclic) bond motifs is 5. The Labute approximate surface area is 114 Å². The monoisotopic (exact) mass is 258 g/mol. The molecule has 0 aromatic carbocycles. The molecule has 102 valence electrons. The molecule has 0 aliphatic heterocycles. The lowest BCUT2D eigenvalue weighted by molar-refractivity contribution is 0.337. The SMILES string of the molecule is CCOc1cncc(C(N)C2C3C4CCC(C4)C32)c1. The third kappa shape index (κ3) is 1.71. The molecule has 3 aliphatic carbocycles. The molecule has 2 N–H and O–H groups in total. The second kappa shape index (κ2) is 4.20. The van der Waals surface area contributed by atoms with E-state index in [0.29, 0.717) is 12.5 Å². The van der Waals surface area contributed by atoms with Gasteiger partial charge in [-0.15, -0.1) is 0 Å². The van der Waals surface area contributed by atoms with E-state index in [2.05, 4.69) is 11.1 Å². The van der Waals surface area contributed by atoms with Crippen LogP contribution >= 0.6 is 0 Å². The third-order valence-corrected chi connectivity index (χ3v) is 5.64. The highest BCUT2D eigenvalue weighted by Crippen LogP contribution is 2.71. The lowest BCUT2D eigenvalue weighted by atomic mass is 9.94. The van der Waals surface area contributed by atoms with Gasteiger partial charge in [-0.3, -0.25) is 4.98 Å². The molecule has 19 heavy (non-hydrogen) atoms. The second-order valence-corrected chi connectivity index (χ2v) is 6.48. The van der Waals surface area contributed by atoms with E-state index in [4.69, 9.17) is 10.5 Å². The standard InChI is InChI=1S/C16H22N2O/c1-2-19-12-6-11(7-18-8-12)16(17)15-13-9-3-4-10(5-9)14(13)15/h6-10,13-16H,2-5,17H2,1H3. The zero-order chi connectivity index (χ0) is 13.0. The van der Waals surface area contributed by atoms with E-state index in [1.54, 1.807) is 6.20 Å². The minimum absolute atomic E-state index is 0.159. The zero-order valence-corrected chi connectivity index (χ0v) is 11.5. The van der Waals surface area contributed by atoms with Crippen molar-refractivity contribution >= 4 is 0 Å². The van der Waals surface area contributed by atoms with Crippen molar-refractivity contribution in [1.82, 2.24) is 4.98 Å². The maximum absolute atomic E-state index is 6.51. The number of nitrogens with zero attached hydrogens (tertiary/aromatic N) is 1. The van der Waals surface area contributed by atoms with Crippen molar-refractivity contribution in [3.05, 3.63) is 24.0 Å². The summed E-state index contributed by atoms with van der Waals surface area (Å²) in [7, 11) is 0. The molecule has 3 aliphatic rings. The third-order valence-electron chi connectivity index (χ3n) is 5.64. The lowest BCUT2D eigenvalue weighted by Gasteiger charge is -2.17. The Hall–Kier alpha value is -1.09. The molecule has 3 nitrogen and oxygen atoms in total. The summed E-state index contributed by atoms with van der Waals surface area (Å²) in [6.45, 7) is 2.68. The average Bonchev–Trinajstić information content (AvgIpc) is 2.86. The largest absolute Gasteiger partial charge is 0.492 e. The van der Waals surface area contributed by atoms with Gasteiger partial charge in [0.2, 0.25) is 0 Å². The molecule has 5 atom stereocenters. The Morgan fingerprint density at radius 3 is 2.74 bits per heavy atom. The van der Waals surface area contributed by atoms with Gasteiger partial charge in [-0.05, 0) is 67.4 Å². The van der Waals surface area contributed by atoms with Crippen LogP contribution in [0.4, 0.5) is 0 Å². The van der Waals surface area contributed by atoms with Crippen molar-refractivity contribution in [1.29, 1.82) is 0 Å². The predicted octanol–water partition coefficient (Wildman–Crippen LogP) is 2.77. The van der Waals surface area contributed by atoms with Gasteiger partial charge in [0.05, 0.1) is 12.8 Å². The minimum atomic E-state index is 0.159. The van der Waals surface area contributed by atoms with Crippen molar-refractivity contribution in [3.63, 3.8) is 0 Å². The molecule has 3 heteroatoms. The van der Waals surface area contributed by atoms with Crippen LogP contribution in [0.1, 0.15) is 37.8 Å². The molecular weight excluding hydrogens is 236 g/mol. The van der Waals surface area contributed by atoms with E-state index >= 15 is 0 Å². The lowest BCUT2D eigenvalue weighted by Crippen LogP contribution is -2.17. The fourth-order valence-corrected chi connectivity index (χ4v) is 4.96. The van der Waals surface area contributed by atoms with E-state index in [1.165, 1.54) is 19.3 Å². The van der Waals surface area contributed by atoms with Gasteiger partial charge in [-0.1, -0.05) is 0 Å². The number of ether oxygens (including phenoxy) is 1. The smallest absolute Gasteiger partial charge is 0.137 e. The summed E-state index contributed by atoms with van der Waals surface area (Å²) >= 11 is 0. The first kappa shape index (κ1) is 11.7. The highest BCUT2D eigenvalue weighted by atomic mass is 16.5. The molecular formula is C16H22N2O. The summed E-state index contributed by atoms with van der Waals surface area (Å²) in [6.07, 6.45) is 8.08. The van der Waals surface area contributed by atoms with Crippen LogP contribution in [0, 0.1) is 29.6 Å². The molecule has 0 amide bonds. The highest BCUT2D eigenvalue weighted by molar-refractivity contribution is 5.29. The van der Waals surface area contributed by atoms with E-state index in [9.17, 15) is 0 Å². The molecule has 3 saturated carbocycles. The first-order chi connectivity index (χ1) is 9.29. The first-order valence-corrected chi connectivity index (χ1v) is 7.63. The molecule has 2 bridgehead atoms. The molecule has 4 rings (SSSR count). The van der Waals surface area contributed by atoms with Crippen LogP contribution in [0.3, 0.4) is 0 Å². The van der Waals surface area contributed by atoms with Crippen molar-refractivity contribution in [2.75, 3.05) is 6.61 Å². The van der Waals surface area contributed by atoms with Gasteiger partial charge in [0, 0.05) is 12.2 Å². The summed E-state index contributed by atoms with van der Waals surface area (Å²) in [6, 6.07) is 2.24. The molecule has 0 spiro atoms. The summed E-state index contributed by atoms with van der Waals surface area (Å²) in [5, 5.41) is 0. The van der Waals surface area contributed by atoms with Crippen LogP contribution in [0.5, 0.6) is 5.75 Å². The van der Waals surface area contributed by atoms with E-state index in [1.807, 2.05) is 13.1 Å². The number of aromatic nitrogens is 1. The Morgan fingerprint density at radius 2 is 2.05 bits per heavy atom. The van der Waals surface area contributed by atoms with Gasteiger partial charge in [-0.25, -0.2) is 0 Å². The Bertz CT molecular complexity index is 473. The molecule has 0 saturated heterocycles. The Balaban J connectivity index is 1.52. The van der Waals surface area contributed by atoms with Crippen LogP contribution in [-0.2, 0) is 0 Å². The fraction of sp³-hybridized carbons (Fsp3) is 0.688. The van der Waals surface area contributed by atoms with Gasteiger partial charge >= 0.3 is 0 Å². The maximum Gasteiger partial charge on any atom is 0.137 e. The Morgan fingerprint density at radius 1 is 1.32 bits per heavy atom. The van der Waals surface area contributed by atoms with Crippen LogP contribution in [0.15, 0.2) is 18.5 Å². The number of nitrogens with two attached hydrogens (primary N) is 1. The van der Waals surface area contributed by atoms with Crippen molar-refractivity contribution in [2.45, 2.75) is 32.2 Å².